The maximum Gasteiger partial charge on any atom is 0.335 e. The first kappa shape index (κ1) is 20.1. The average molecular weight is 532 g/mol. The molecule has 2 heterocycles. The van der Waals surface area contributed by atoms with E-state index in [2.05, 4.69) is 42.4 Å². The van der Waals surface area contributed by atoms with Crippen LogP contribution >= 0.6 is 31.9 Å². The smallest absolute Gasteiger partial charge is 0.335 e. The lowest BCUT2D eigenvalue weighted by Crippen LogP contribution is -2.16. The zero-order valence-corrected chi connectivity index (χ0v) is 18.2. The quantitative estimate of drug-likeness (QED) is 0.254. The van der Waals surface area contributed by atoms with Gasteiger partial charge in [0.1, 0.15) is 17.1 Å². The van der Waals surface area contributed by atoms with Gasteiger partial charge in [-0.2, -0.15) is 5.10 Å². The van der Waals surface area contributed by atoms with Crippen molar-refractivity contribution in [3.63, 3.8) is 0 Å². The number of hydrogen-bond acceptors (Lipinski definition) is 5. The van der Waals surface area contributed by atoms with Gasteiger partial charge in [-0.3, -0.25) is 4.79 Å². The highest BCUT2D eigenvalue weighted by atomic mass is 79.9. The molecule has 0 spiro atoms. The molecule has 0 saturated carbocycles. The molecule has 30 heavy (non-hydrogen) atoms. The van der Waals surface area contributed by atoms with Crippen LogP contribution in [-0.4, -0.2) is 23.2 Å². The van der Waals surface area contributed by atoms with E-state index in [1.165, 1.54) is 18.3 Å². The Bertz CT molecular complexity index is 1310. The van der Waals surface area contributed by atoms with Crippen LogP contribution < -0.4 is 5.43 Å². The third-order valence-electron chi connectivity index (χ3n) is 4.14. The number of rotatable bonds is 5. The zero-order valence-electron chi connectivity index (χ0n) is 15.1. The Labute approximate surface area is 186 Å². The Morgan fingerprint density at radius 1 is 1.03 bits per heavy atom. The van der Waals surface area contributed by atoms with E-state index < -0.39 is 11.9 Å². The fourth-order valence-electron chi connectivity index (χ4n) is 2.78. The van der Waals surface area contributed by atoms with E-state index in [9.17, 15) is 9.59 Å². The van der Waals surface area contributed by atoms with Crippen molar-refractivity contribution in [2.45, 2.75) is 0 Å². The van der Waals surface area contributed by atoms with Gasteiger partial charge in [0, 0.05) is 15.4 Å². The first-order valence-electron chi connectivity index (χ1n) is 8.56. The van der Waals surface area contributed by atoms with E-state index in [4.69, 9.17) is 13.9 Å². The molecule has 0 aliphatic rings. The number of carbonyl (C=O) groups is 2. The number of benzene rings is 2. The number of carboxylic acids is 1. The minimum absolute atomic E-state index is 0.117. The van der Waals surface area contributed by atoms with Gasteiger partial charge < -0.3 is 13.9 Å². The molecule has 0 atom stereocenters. The number of aromatic carboxylic acids is 1. The predicted octanol–water partition coefficient (Wildman–Crippen LogP) is 5.68. The molecule has 1 amide bonds. The molecule has 150 valence electrons. The van der Waals surface area contributed by atoms with Gasteiger partial charge in [-0.1, -0.05) is 28.1 Å². The molecule has 7 nitrogen and oxygen atoms in total. The molecule has 0 saturated heterocycles. The SMILES string of the molecule is O=C(O)c1cccc(-c2ccc(/C=N/NC(=O)c3cc4cc(Br)cc(Br)c4o3)o2)c1. The summed E-state index contributed by atoms with van der Waals surface area (Å²) < 4.78 is 12.8. The second kappa shape index (κ2) is 8.29. The lowest BCUT2D eigenvalue weighted by molar-refractivity contribution is 0.0696. The summed E-state index contributed by atoms with van der Waals surface area (Å²) in [5.41, 5.74) is 3.73. The van der Waals surface area contributed by atoms with Crippen molar-refractivity contribution in [2.75, 3.05) is 0 Å². The number of carboxylic acid groups (broad SMARTS) is 1. The van der Waals surface area contributed by atoms with Crippen molar-refractivity contribution in [3.05, 3.63) is 80.6 Å². The van der Waals surface area contributed by atoms with Crippen LogP contribution in [-0.2, 0) is 0 Å². The first-order valence-corrected chi connectivity index (χ1v) is 10.1. The summed E-state index contributed by atoms with van der Waals surface area (Å²) in [6.07, 6.45) is 1.34. The largest absolute Gasteiger partial charge is 0.478 e. The zero-order chi connectivity index (χ0) is 21.3. The summed E-state index contributed by atoms with van der Waals surface area (Å²) in [5, 5.41) is 13.7. The molecule has 0 aliphatic heterocycles. The summed E-state index contributed by atoms with van der Waals surface area (Å²) >= 11 is 6.79. The number of hydrazone groups is 1. The maximum absolute atomic E-state index is 12.3. The number of fused-ring (bicyclic) bond motifs is 1. The molecule has 0 unspecified atom stereocenters. The predicted molar refractivity (Wildman–Crippen MR) is 118 cm³/mol. The van der Waals surface area contributed by atoms with Gasteiger partial charge in [0.25, 0.3) is 0 Å². The van der Waals surface area contributed by atoms with Gasteiger partial charge in [0.2, 0.25) is 0 Å². The van der Waals surface area contributed by atoms with Gasteiger partial charge in [-0.25, -0.2) is 10.2 Å². The summed E-state index contributed by atoms with van der Waals surface area (Å²) in [5.74, 6) is -0.531. The molecule has 0 radical (unpaired) electrons. The van der Waals surface area contributed by atoms with Gasteiger partial charge in [0.05, 0.1) is 16.3 Å². The van der Waals surface area contributed by atoms with E-state index >= 15 is 0 Å². The normalized spacial score (nSPS) is 11.3. The molecule has 0 bridgehead atoms. The Morgan fingerprint density at radius 2 is 1.87 bits per heavy atom. The lowest BCUT2D eigenvalue weighted by Gasteiger charge is -1.99. The Hall–Kier alpha value is -3.17. The lowest BCUT2D eigenvalue weighted by atomic mass is 10.1. The standard InChI is InChI=1S/C21H12Br2N2O5/c22-14-7-13-8-18(30-19(13)16(23)9-14)20(26)25-24-10-15-4-5-17(29-15)11-2-1-3-12(6-11)21(27)28/h1-10H,(H,25,26)(H,27,28)/b24-10+. The van der Waals surface area contributed by atoms with Crippen LogP contribution in [0.2, 0.25) is 0 Å². The summed E-state index contributed by atoms with van der Waals surface area (Å²) in [7, 11) is 0. The monoisotopic (exact) mass is 530 g/mol. The van der Waals surface area contributed by atoms with Crippen molar-refractivity contribution in [3.8, 4) is 11.3 Å². The van der Waals surface area contributed by atoms with Crippen molar-refractivity contribution in [1.29, 1.82) is 0 Å². The molecule has 2 aromatic carbocycles. The van der Waals surface area contributed by atoms with Gasteiger partial charge in [-0.15, -0.1) is 0 Å². The van der Waals surface area contributed by atoms with Crippen molar-refractivity contribution < 1.29 is 23.5 Å². The molecule has 9 heteroatoms. The fraction of sp³-hybridized carbons (Fsp3) is 0. The fourth-order valence-corrected chi connectivity index (χ4v) is 4.12. The van der Waals surface area contributed by atoms with Crippen LogP contribution in [0.25, 0.3) is 22.3 Å². The summed E-state index contributed by atoms with van der Waals surface area (Å²) in [6.45, 7) is 0. The maximum atomic E-state index is 12.3. The van der Waals surface area contributed by atoms with E-state index in [0.717, 1.165) is 14.3 Å². The molecular weight excluding hydrogens is 520 g/mol. The molecule has 2 N–H and O–H groups in total. The number of carbonyl (C=O) groups excluding carboxylic acids is 1. The summed E-state index contributed by atoms with van der Waals surface area (Å²) in [4.78, 5) is 23.4. The third kappa shape index (κ3) is 4.22. The van der Waals surface area contributed by atoms with Crippen molar-refractivity contribution in [2.24, 2.45) is 5.10 Å². The van der Waals surface area contributed by atoms with E-state index in [1.807, 2.05) is 12.1 Å². The van der Waals surface area contributed by atoms with Crippen LogP contribution in [0.4, 0.5) is 0 Å². The second-order valence-corrected chi connectivity index (χ2v) is 7.97. The van der Waals surface area contributed by atoms with Crippen LogP contribution in [0.1, 0.15) is 26.7 Å². The Balaban J connectivity index is 1.46. The van der Waals surface area contributed by atoms with Crippen molar-refractivity contribution >= 4 is 60.9 Å². The molecule has 0 fully saturated rings. The highest BCUT2D eigenvalue weighted by molar-refractivity contribution is 9.11. The number of amides is 1. The van der Waals surface area contributed by atoms with Crippen LogP contribution in [0.3, 0.4) is 0 Å². The van der Waals surface area contributed by atoms with Gasteiger partial charge in [0.15, 0.2) is 5.76 Å². The van der Waals surface area contributed by atoms with E-state index in [-0.39, 0.29) is 11.3 Å². The summed E-state index contributed by atoms with van der Waals surface area (Å²) in [6, 6.07) is 15.0. The Kier molecular flexibility index (Phi) is 5.56. The third-order valence-corrected chi connectivity index (χ3v) is 5.19. The minimum Gasteiger partial charge on any atom is -0.478 e. The number of furan rings is 2. The second-order valence-electron chi connectivity index (χ2n) is 6.20. The Morgan fingerprint density at radius 3 is 2.67 bits per heavy atom. The number of nitrogens with one attached hydrogen (secondary N) is 1. The number of hydrogen-bond donors (Lipinski definition) is 2. The van der Waals surface area contributed by atoms with Crippen LogP contribution in [0.15, 0.2) is 77.5 Å². The highest BCUT2D eigenvalue weighted by Crippen LogP contribution is 2.31. The molecule has 2 aromatic heterocycles. The van der Waals surface area contributed by atoms with Gasteiger partial charge >= 0.3 is 11.9 Å². The number of nitrogens with zero attached hydrogens (tertiary/aromatic N) is 1. The first-order chi connectivity index (χ1) is 14.4. The topological polar surface area (TPSA) is 105 Å². The highest BCUT2D eigenvalue weighted by Gasteiger charge is 2.14. The van der Waals surface area contributed by atoms with Gasteiger partial charge in [-0.05, 0) is 58.4 Å². The van der Waals surface area contributed by atoms with Crippen LogP contribution in [0.5, 0.6) is 0 Å². The number of halogens is 2. The van der Waals surface area contributed by atoms with E-state index in [0.29, 0.717) is 22.7 Å². The molecular formula is C21H12Br2N2O5. The molecule has 0 aliphatic carbocycles. The van der Waals surface area contributed by atoms with E-state index in [1.54, 1.807) is 30.3 Å². The van der Waals surface area contributed by atoms with Crippen LogP contribution in [0, 0.1) is 0 Å². The molecule has 4 rings (SSSR count). The van der Waals surface area contributed by atoms with Crippen molar-refractivity contribution in [1.82, 2.24) is 5.43 Å². The minimum atomic E-state index is -1.02. The average Bonchev–Trinajstić information content (AvgIpc) is 3.35. The molecule has 4 aromatic rings.